The quantitative estimate of drug-likeness (QED) is 0.620. The average molecular weight is 385 g/mol. The van der Waals surface area contributed by atoms with E-state index < -0.39 is 0 Å². The summed E-state index contributed by atoms with van der Waals surface area (Å²) in [7, 11) is 0. The van der Waals surface area contributed by atoms with Gasteiger partial charge >= 0.3 is 0 Å². The maximum atomic E-state index is 13.6. The first-order valence-corrected chi connectivity index (χ1v) is 10.5. The van der Waals surface area contributed by atoms with Crippen LogP contribution in [0.1, 0.15) is 70.6 Å². The summed E-state index contributed by atoms with van der Waals surface area (Å²) < 4.78 is 15.7. The molecule has 0 N–H and O–H groups in total. The zero-order valence-corrected chi connectivity index (χ0v) is 17.5. The minimum atomic E-state index is -0.213. The van der Waals surface area contributed by atoms with Crippen LogP contribution < -0.4 is 0 Å². The van der Waals surface area contributed by atoms with E-state index in [2.05, 4.69) is 36.3 Å². The molecule has 0 aliphatic heterocycles. The second kappa shape index (κ2) is 8.93. The van der Waals surface area contributed by atoms with E-state index in [0.29, 0.717) is 25.6 Å². The number of carbonyl (C=O) groups is 1. The number of nitrogens with zero attached hydrogens (tertiary/aromatic N) is 2. The van der Waals surface area contributed by atoms with Crippen molar-refractivity contribution in [3.8, 4) is 0 Å². The van der Waals surface area contributed by atoms with Gasteiger partial charge < -0.3 is 9.47 Å². The van der Waals surface area contributed by atoms with Crippen LogP contribution >= 0.6 is 0 Å². The van der Waals surface area contributed by atoms with Gasteiger partial charge in [-0.05, 0) is 48.1 Å². The van der Waals surface area contributed by atoms with Gasteiger partial charge in [-0.25, -0.2) is 4.39 Å². The molecule has 28 heavy (non-hydrogen) atoms. The maximum absolute atomic E-state index is 13.6. The maximum Gasteiger partial charge on any atom is 0.223 e. The van der Waals surface area contributed by atoms with Crippen LogP contribution in [-0.2, 0) is 17.9 Å². The average Bonchev–Trinajstić information content (AvgIpc) is 3.05. The lowest BCUT2D eigenvalue weighted by molar-refractivity contribution is -0.137. The zero-order valence-electron chi connectivity index (χ0n) is 17.5. The van der Waals surface area contributed by atoms with Crippen LogP contribution in [0.5, 0.6) is 0 Å². The molecule has 3 nitrogen and oxygen atoms in total. The van der Waals surface area contributed by atoms with E-state index in [-0.39, 0.29) is 17.1 Å². The molecule has 152 valence electrons. The van der Waals surface area contributed by atoms with Crippen molar-refractivity contribution >= 4 is 5.91 Å². The molecule has 1 saturated carbocycles. The predicted molar refractivity (Wildman–Crippen MR) is 111 cm³/mol. The fourth-order valence-corrected chi connectivity index (χ4v) is 4.12. The SMILES string of the molecule is CC(C)(C)CC(=O)N(Cc1cccn1Cc1cccc(F)c1)C1CCCCC1. The van der Waals surface area contributed by atoms with Crippen LogP contribution in [0, 0.1) is 11.2 Å². The van der Waals surface area contributed by atoms with Crippen LogP contribution in [0.4, 0.5) is 4.39 Å². The van der Waals surface area contributed by atoms with Crippen LogP contribution in [0.2, 0.25) is 0 Å². The van der Waals surface area contributed by atoms with Crippen molar-refractivity contribution < 1.29 is 9.18 Å². The summed E-state index contributed by atoms with van der Waals surface area (Å²) in [5.41, 5.74) is 2.02. The lowest BCUT2D eigenvalue weighted by atomic mass is 9.89. The number of hydrogen-bond donors (Lipinski definition) is 0. The lowest BCUT2D eigenvalue weighted by Gasteiger charge is -2.36. The first-order chi connectivity index (χ1) is 13.3. The number of aromatic nitrogens is 1. The van der Waals surface area contributed by atoms with Gasteiger partial charge in [-0.3, -0.25) is 4.79 Å². The van der Waals surface area contributed by atoms with E-state index in [1.165, 1.54) is 25.3 Å². The van der Waals surface area contributed by atoms with Crippen LogP contribution in [0.25, 0.3) is 0 Å². The van der Waals surface area contributed by atoms with Crippen molar-refractivity contribution in [2.75, 3.05) is 0 Å². The second-order valence-corrected chi connectivity index (χ2v) is 9.31. The third-order valence-electron chi connectivity index (χ3n) is 5.52. The number of carbonyl (C=O) groups excluding carboxylic acids is 1. The molecule has 1 heterocycles. The minimum absolute atomic E-state index is 0.0203. The van der Waals surface area contributed by atoms with Crippen LogP contribution in [0.3, 0.4) is 0 Å². The Morgan fingerprint density at radius 1 is 1.14 bits per heavy atom. The van der Waals surface area contributed by atoms with Gasteiger partial charge in [0.25, 0.3) is 0 Å². The van der Waals surface area contributed by atoms with Crippen molar-refractivity contribution in [3.63, 3.8) is 0 Å². The van der Waals surface area contributed by atoms with Gasteiger partial charge in [-0.1, -0.05) is 52.2 Å². The topological polar surface area (TPSA) is 25.2 Å². The number of rotatable bonds is 6. The Labute approximate surface area is 168 Å². The fraction of sp³-hybridized carbons (Fsp3) is 0.542. The summed E-state index contributed by atoms with van der Waals surface area (Å²) in [6.45, 7) is 7.61. The van der Waals surface area contributed by atoms with Crippen molar-refractivity contribution in [2.24, 2.45) is 5.41 Å². The molecule has 1 aromatic carbocycles. The minimum Gasteiger partial charge on any atom is -0.345 e. The van der Waals surface area contributed by atoms with E-state index in [1.54, 1.807) is 12.1 Å². The largest absolute Gasteiger partial charge is 0.345 e. The second-order valence-electron chi connectivity index (χ2n) is 9.31. The molecular formula is C24H33FN2O. The zero-order chi connectivity index (χ0) is 20.1. The Morgan fingerprint density at radius 3 is 2.57 bits per heavy atom. The number of halogens is 1. The van der Waals surface area contributed by atoms with Gasteiger partial charge in [0.15, 0.2) is 0 Å². The Morgan fingerprint density at radius 2 is 1.89 bits per heavy atom. The van der Waals surface area contributed by atoms with Crippen molar-refractivity contribution in [1.29, 1.82) is 0 Å². The van der Waals surface area contributed by atoms with Gasteiger partial charge in [0.05, 0.1) is 6.54 Å². The highest BCUT2D eigenvalue weighted by Gasteiger charge is 2.28. The molecule has 4 heteroatoms. The highest BCUT2D eigenvalue weighted by atomic mass is 19.1. The van der Waals surface area contributed by atoms with E-state index in [9.17, 15) is 9.18 Å². The van der Waals surface area contributed by atoms with E-state index in [0.717, 1.165) is 24.1 Å². The standard InChI is InChI=1S/C24H33FN2O/c1-24(2,3)16-23(28)27(21-11-5-4-6-12-21)18-22-13-8-14-26(22)17-19-9-7-10-20(25)15-19/h7-10,13-15,21H,4-6,11-12,16-18H2,1-3H3. The molecule has 1 fully saturated rings. The smallest absolute Gasteiger partial charge is 0.223 e. The van der Waals surface area contributed by atoms with E-state index in [4.69, 9.17) is 0 Å². The molecule has 0 spiro atoms. The van der Waals surface area contributed by atoms with Crippen LogP contribution in [-0.4, -0.2) is 21.4 Å². The molecule has 1 amide bonds. The summed E-state index contributed by atoms with van der Waals surface area (Å²) >= 11 is 0. The first-order valence-electron chi connectivity index (χ1n) is 10.5. The Kier molecular flexibility index (Phi) is 6.58. The predicted octanol–water partition coefficient (Wildman–Crippen LogP) is 5.77. The Bertz CT molecular complexity index is 784. The van der Waals surface area contributed by atoms with Gasteiger partial charge in [0.2, 0.25) is 5.91 Å². The normalized spacial score (nSPS) is 15.6. The molecule has 0 radical (unpaired) electrons. The first kappa shape index (κ1) is 20.6. The number of benzene rings is 1. The molecule has 1 aromatic heterocycles. The lowest BCUT2D eigenvalue weighted by Crippen LogP contribution is -2.42. The third-order valence-corrected chi connectivity index (χ3v) is 5.52. The summed E-state index contributed by atoms with van der Waals surface area (Å²) in [5.74, 6) is 0.0355. The third kappa shape index (κ3) is 5.70. The van der Waals surface area contributed by atoms with Crippen molar-refractivity contribution in [1.82, 2.24) is 9.47 Å². The monoisotopic (exact) mass is 384 g/mol. The number of hydrogen-bond acceptors (Lipinski definition) is 1. The van der Waals surface area contributed by atoms with E-state index in [1.807, 2.05) is 18.3 Å². The molecular weight excluding hydrogens is 351 g/mol. The fourth-order valence-electron chi connectivity index (χ4n) is 4.12. The Hall–Kier alpha value is -2.10. The number of amides is 1. The molecule has 0 atom stereocenters. The summed E-state index contributed by atoms with van der Waals surface area (Å²) in [6, 6.07) is 11.2. The highest BCUT2D eigenvalue weighted by Crippen LogP contribution is 2.28. The molecule has 3 rings (SSSR count). The molecule has 1 aliphatic rings. The van der Waals surface area contributed by atoms with Crippen LogP contribution in [0.15, 0.2) is 42.6 Å². The van der Waals surface area contributed by atoms with Crippen molar-refractivity contribution in [3.05, 3.63) is 59.7 Å². The summed E-state index contributed by atoms with van der Waals surface area (Å²) in [4.78, 5) is 15.3. The Balaban J connectivity index is 1.78. The molecule has 0 unspecified atom stereocenters. The van der Waals surface area contributed by atoms with Gasteiger partial charge in [0, 0.05) is 30.9 Å². The highest BCUT2D eigenvalue weighted by molar-refractivity contribution is 5.77. The molecule has 0 saturated heterocycles. The summed E-state index contributed by atoms with van der Waals surface area (Å²) in [5, 5.41) is 0. The van der Waals surface area contributed by atoms with Gasteiger partial charge in [0.1, 0.15) is 5.82 Å². The molecule has 2 aromatic rings. The van der Waals surface area contributed by atoms with Gasteiger partial charge in [-0.2, -0.15) is 0 Å². The summed E-state index contributed by atoms with van der Waals surface area (Å²) in [6.07, 6.45) is 8.46. The molecule has 0 bridgehead atoms. The van der Waals surface area contributed by atoms with Gasteiger partial charge in [-0.15, -0.1) is 0 Å². The molecule has 1 aliphatic carbocycles. The van der Waals surface area contributed by atoms with E-state index >= 15 is 0 Å². The van der Waals surface area contributed by atoms with Crippen molar-refractivity contribution in [2.45, 2.75) is 78.4 Å².